The second-order valence-electron chi connectivity index (χ2n) is 9.51. The van der Waals surface area contributed by atoms with Crippen LogP contribution in [0.15, 0.2) is 78.6 Å². The van der Waals surface area contributed by atoms with Crippen molar-refractivity contribution in [2.24, 2.45) is 0 Å². The van der Waals surface area contributed by atoms with Gasteiger partial charge in [-0.05, 0) is 68.2 Å². The highest BCUT2D eigenvalue weighted by Crippen LogP contribution is 2.34. The van der Waals surface area contributed by atoms with Crippen molar-refractivity contribution in [3.8, 4) is 0 Å². The summed E-state index contributed by atoms with van der Waals surface area (Å²) in [5.74, 6) is -1.17. The minimum atomic E-state index is -4.12. The van der Waals surface area contributed by atoms with Crippen molar-refractivity contribution in [1.29, 1.82) is 0 Å². The lowest BCUT2D eigenvalue weighted by atomic mass is 9.99. The minimum absolute atomic E-state index is 0.119. The summed E-state index contributed by atoms with van der Waals surface area (Å²) in [4.78, 5) is 12.2. The van der Waals surface area contributed by atoms with Gasteiger partial charge in [0, 0.05) is 36.9 Å². The number of anilines is 2. The van der Waals surface area contributed by atoms with Gasteiger partial charge in [0.1, 0.15) is 11.6 Å². The number of pyridine rings is 2. The highest BCUT2D eigenvalue weighted by atomic mass is 32.2. The Morgan fingerprint density at radius 1 is 1.11 bits per heavy atom. The first-order chi connectivity index (χ1) is 18.0. The average Bonchev–Trinajstić information content (AvgIpc) is 2.85. The third-order valence-electron chi connectivity index (χ3n) is 6.44. The van der Waals surface area contributed by atoms with E-state index in [9.17, 15) is 17.2 Å². The molecule has 1 saturated heterocycles. The van der Waals surface area contributed by atoms with Gasteiger partial charge < -0.3 is 4.90 Å². The van der Waals surface area contributed by atoms with E-state index in [4.69, 9.17) is 0 Å². The fourth-order valence-electron chi connectivity index (χ4n) is 4.71. The summed E-state index contributed by atoms with van der Waals surface area (Å²) in [6.07, 6.45) is 3.20. The van der Waals surface area contributed by atoms with Gasteiger partial charge in [0.15, 0.2) is 5.03 Å². The van der Waals surface area contributed by atoms with Crippen LogP contribution in [0.3, 0.4) is 0 Å². The smallest absolute Gasteiger partial charge is 0.280 e. The number of piperidine rings is 1. The standard InChI is InChI=1S/C28H31F2N5O2S/c1-19(2)24-16-28(38(36,37)33-27-10-6-9-26(30)32-27)31-17-25(24)35(20(3)4)23-11-13-34(14-12-23)18-21-7-5-8-22(29)15-21/h5-10,15-17,23H,1,3,11-14,18H2,2,4H3,(H,32,33). The predicted molar refractivity (Wildman–Crippen MR) is 146 cm³/mol. The molecule has 3 heterocycles. The van der Waals surface area contributed by atoms with Crippen molar-refractivity contribution in [2.45, 2.75) is 44.3 Å². The SMILES string of the molecule is C=C(C)c1cc(S(=O)(=O)Nc2cccc(F)n2)ncc1N(C(=C)C)C1CCN(Cc2cccc(F)c2)CC1. The van der Waals surface area contributed by atoms with E-state index in [1.807, 2.05) is 13.0 Å². The Morgan fingerprint density at radius 2 is 1.82 bits per heavy atom. The average molecular weight is 540 g/mol. The highest BCUT2D eigenvalue weighted by Gasteiger charge is 2.28. The number of likely N-dealkylation sites (tertiary alicyclic amines) is 1. The van der Waals surface area contributed by atoms with Gasteiger partial charge in [-0.15, -0.1) is 0 Å². The molecule has 1 N–H and O–H groups in total. The van der Waals surface area contributed by atoms with Gasteiger partial charge in [-0.1, -0.05) is 31.4 Å². The summed E-state index contributed by atoms with van der Waals surface area (Å²) in [6, 6.07) is 12.1. The lowest BCUT2D eigenvalue weighted by Gasteiger charge is -2.40. The van der Waals surface area contributed by atoms with Gasteiger partial charge in [-0.2, -0.15) is 12.8 Å². The number of benzene rings is 1. The summed E-state index contributed by atoms with van der Waals surface area (Å²) < 4.78 is 55.3. The van der Waals surface area contributed by atoms with Crippen LogP contribution in [-0.4, -0.2) is 42.4 Å². The molecule has 0 unspecified atom stereocenters. The Balaban J connectivity index is 1.55. The molecule has 2 aromatic heterocycles. The Kier molecular flexibility index (Phi) is 8.23. The number of nitrogens with one attached hydrogen (secondary N) is 1. The largest absolute Gasteiger partial charge is 0.341 e. The molecule has 0 saturated carbocycles. The van der Waals surface area contributed by atoms with Crippen LogP contribution in [0.1, 0.15) is 37.8 Å². The van der Waals surface area contributed by atoms with Gasteiger partial charge in [-0.25, -0.2) is 14.4 Å². The van der Waals surface area contributed by atoms with E-state index in [0.29, 0.717) is 17.7 Å². The molecule has 1 aliphatic heterocycles. The zero-order chi connectivity index (χ0) is 27.4. The number of hydrogen-bond donors (Lipinski definition) is 1. The second kappa shape index (κ2) is 11.4. The Morgan fingerprint density at radius 3 is 2.45 bits per heavy atom. The summed E-state index contributed by atoms with van der Waals surface area (Å²) in [5, 5.41) is -0.225. The molecule has 0 atom stereocenters. The summed E-state index contributed by atoms with van der Waals surface area (Å²) in [6.45, 7) is 14.3. The molecule has 0 amide bonds. The molecule has 4 rings (SSSR count). The van der Waals surface area contributed by atoms with E-state index >= 15 is 0 Å². The highest BCUT2D eigenvalue weighted by molar-refractivity contribution is 7.92. The first-order valence-corrected chi connectivity index (χ1v) is 13.7. The first-order valence-electron chi connectivity index (χ1n) is 12.3. The predicted octanol–water partition coefficient (Wildman–Crippen LogP) is 5.59. The number of sulfonamides is 1. The fraction of sp³-hybridized carbons (Fsp3) is 0.286. The van der Waals surface area contributed by atoms with Crippen LogP contribution in [0.4, 0.5) is 20.3 Å². The zero-order valence-corrected chi connectivity index (χ0v) is 22.3. The molecule has 10 heteroatoms. The van der Waals surface area contributed by atoms with Crippen LogP contribution in [0.25, 0.3) is 5.57 Å². The molecular weight excluding hydrogens is 508 g/mol. The van der Waals surface area contributed by atoms with Crippen molar-refractivity contribution in [3.05, 3.63) is 96.5 Å². The molecule has 0 bridgehead atoms. The number of allylic oxidation sites excluding steroid dienone is 2. The van der Waals surface area contributed by atoms with Crippen LogP contribution in [0, 0.1) is 11.8 Å². The van der Waals surface area contributed by atoms with Gasteiger partial charge in [0.25, 0.3) is 10.0 Å². The summed E-state index contributed by atoms with van der Waals surface area (Å²) in [7, 11) is -4.12. The third kappa shape index (κ3) is 6.43. The van der Waals surface area contributed by atoms with Crippen LogP contribution < -0.4 is 9.62 Å². The number of nitrogens with zero attached hydrogens (tertiary/aromatic N) is 4. The van der Waals surface area contributed by atoms with Crippen molar-refractivity contribution >= 4 is 27.1 Å². The van der Waals surface area contributed by atoms with E-state index in [1.165, 1.54) is 30.5 Å². The molecule has 3 aromatic rings. The molecule has 38 heavy (non-hydrogen) atoms. The van der Waals surface area contributed by atoms with E-state index in [2.05, 4.69) is 37.6 Å². The van der Waals surface area contributed by atoms with Crippen LogP contribution in [0.2, 0.25) is 0 Å². The van der Waals surface area contributed by atoms with Crippen molar-refractivity contribution < 1.29 is 17.2 Å². The Labute approximate surface area is 222 Å². The van der Waals surface area contributed by atoms with Gasteiger partial charge in [-0.3, -0.25) is 9.62 Å². The van der Waals surface area contributed by atoms with Crippen LogP contribution in [-0.2, 0) is 16.6 Å². The molecule has 1 fully saturated rings. The molecule has 0 spiro atoms. The second-order valence-corrected chi connectivity index (χ2v) is 11.1. The normalized spacial score (nSPS) is 14.7. The van der Waals surface area contributed by atoms with E-state index in [1.54, 1.807) is 19.1 Å². The topological polar surface area (TPSA) is 78.4 Å². The van der Waals surface area contributed by atoms with Crippen LogP contribution >= 0.6 is 0 Å². The van der Waals surface area contributed by atoms with Crippen molar-refractivity contribution in [1.82, 2.24) is 14.9 Å². The quantitative estimate of drug-likeness (QED) is 0.357. The molecule has 1 aromatic carbocycles. The lowest BCUT2D eigenvalue weighted by molar-refractivity contribution is 0.203. The first kappa shape index (κ1) is 27.4. The molecule has 1 aliphatic rings. The van der Waals surface area contributed by atoms with E-state index in [-0.39, 0.29) is 22.7 Å². The monoisotopic (exact) mass is 539 g/mol. The fourth-order valence-corrected chi connectivity index (χ4v) is 5.67. The van der Waals surface area contributed by atoms with E-state index in [0.717, 1.165) is 48.9 Å². The lowest BCUT2D eigenvalue weighted by Crippen LogP contribution is -2.44. The minimum Gasteiger partial charge on any atom is -0.341 e. The maximum atomic E-state index is 13.6. The van der Waals surface area contributed by atoms with Gasteiger partial charge >= 0.3 is 0 Å². The van der Waals surface area contributed by atoms with Crippen molar-refractivity contribution in [2.75, 3.05) is 22.7 Å². The number of hydrogen-bond acceptors (Lipinski definition) is 6. The Bertz CT molecular complexity index is 1450. The molecule has 7 nitrogen and oxygen atoms in total. The van der Waals surface area contributed by atoms with Gasteiger partial charge in [0.2, 0.25) is 5.95 Å². The molecule has 0 radical (unpaired) electrons. The summed E-state index contributed by atoms with van der Waals surface area (Å²) >= 11 is 0. The van der Waals surface area contributed by atoms with Crippen molar-refractivity contribution in [3.63, 3.8) is 0 Å². The third-order valence-corrected chi connectivity index (χ3v) is 7.69. The number of rotatable bonds is 9. The number of halogens is 2. The van der Waals surface area contributed by atoms with Gasteiger partial charge in [0.05, 0.1) is 11.9 Å². The maximum absolute atomic E-state index is 13.6. The maximum Gasteiger partial charge on any atom is 0.280 e. The molecular formula is C28H31F2N5O2S. The zero-order valence-electron chi connectivity index (χ0n) is 21.5. The van der Waals surface area contributed by atoms with Crippen LogP contribution in [0.5, 0.6) is 0 Å². The molecule has 200 valence electrons. The summed E-state index contributed by atoms with van der Waals surface area (Å²) in [5.41, 5.74) is 3.75. The van der Waals surface area contributed by atoms with E-state index < -0.39 is 16.0 Å². The Hall–Kier alpha value is -3.63. The number of aromatic nitrogens is 2. The molecule has 0 aliphatic carbocycles.